The molecule has 0 radical (unpaired) electrons. The van der Waals surface area contributed by atoms with Gasteiger partial charge in [-0.25, -0.2) is 30.8 Å². The topological polar surface area (TPSA) is 275 Å². The average molecular weight is 1520 g/mol. The molecule has 0 saturated heterocycles. The lowest BCUT2D eigenvalue weighted by Crippen LogP contribution is -2.50. The Hall–Kier alpha value is -7.66. The standard InChI is InChI=1S/C78H102F3N7O14S3/c1-10-11-21-44-86-63-31-19-17-29-61(63)77(2,3)65(86)39-35-55-25-24-26-56(36-40-66-78(4,5)62-30-18-20-32-64(62)87(66)45-22-23-50-104(95,96)97)72(55)102-60-37-33-54(34-38-60)52-57(75(91)92)53-59(89)41-46-100-48-49-101-47-43-83-67(90)42-51-103(93,94)74-69(80)68(79)73(105(82,98)99)70(81)71(74)88(76(84(6)7)85(8)9)58-27-15-13-12-14-16-28-58/h17-20,29-40,57-58H,6,10-16,21-28,41-53H2,1-5,7-9H3,(H2-3,82,83,90,91,92,95,96,97,98,99)/p+3/t57-/m1/s1. The van der Waals surface area contributed by atoms with Crippen LogP contribution >= 0.6 is 0 Å². The number of ketones is 1. The van der Waals surface area contributed by atoms with Crippen molar-refractivity contribution in [1.29, 1.82) is 0 Å². The molecule has 0 spiro atoms. The van der Waals surface area contributed by atoms with E-state index in [2.05, 4.69) is 117 Å². The van der Waals surface area contributed by atoms with Crippen molar-refractivity contribution in [1.82, 2.24) is 5.32 Å². The molecule has 1 amide bonds. The predicted molar refractivity (Wildman–Crippen MR) is 402 cm³/mol. The number of sulfone groups is 1. The summed E-state index contributed by atoms with van der Waals surface area (Å²) in [5, 5.41) is 18.1. The molecule has 4 aromatic rings. The number of fused-ring (bicyclic) bond motifs is 2. The van der Waals surface area contributed by atoms with E-state index in [0.29, 0.717) is 62.1 Å². The predicted octanol–water partition coefficient (Wildman–Crippen LogP) is 12.2. The molecule has 0 bridgehead atoms. The summed E-state index contributed by atoms with van der Waals surface area (Å²) >= 11 is 0. The number of allylic oxidation sites excluding steroid dienone is 7. The number of carboxylic acid groups (broad SMARTS) is 1. The molecule has 1 atom stereocenters. The van der Waals surface area contributed by atoms with Crippen molar-refractivity contribution in [3.8, 4) is 5.75 Å². The number of carbonyl (C=O) groups excluding carboxylic acids is 2. The van der Waals surface area contributed by atoms with Gasteiger partial charge < -0.3 is 29.5 Å². The summed E-state index contributed by atoms with van der Waals surface area (Å²) in [4.78, 5) is 39.1. The van der Waals surface area contributed by atoms with Gasteiger partial charge in [0.1, 0.15) is 51.0 Å². The molecule has 8 rings (SSSR count). The number of primary sulfonamides is 1. The zero-order chi connectivity index (χ0) is 76.6. The Bertz CT molecular complexity index is 4400. The molecule has 105 heavy (non-hydrogen) atoms. The van der Waals surface area contributed by atoms with Crippen molar-refractivity contribution < 1.29 is 90.4 Å². The Morgan fingerprint density at radius 3 is 2.06 bits per heavy atom. The minimum atomic E-state index is -5.31. The van der Waals surface area contributed by atoms with Crippen LogP contribution in [0.2, 0.25) is 0 Å². The normalized spacial score (nSPS) is 17.4. The fraction of sp³-hybridized carbons (Fsp3) is 0.513. The van der Waals surface area contributed by atoms with Crippen LogP contribution in [0.4, 0.5) is 30.2 Å². The number of para-hydroxylation sites is 2. The molecule has 1 saturated carbocycles. The average Bonchev–Trinajstić information content (AvgIpc) is 1.41. The molecule has 5 N–H and O–H groups in total. The number of nitrogens with two attached hydrogens (primary N) is 1. The maximum absolute atomic E-state index is 16.9. The number of nitrogens with one attached hydrogen (secondary N) is 1. The van der Waals surface area contributed by atoms with Crippen molar-refractivity contribution in [2.75, 3.05) is 88.5 Å². The van der Waals surface area contributed by atoms with E-state index in [-0.39, 0.29) is 75.1 Å². The van der Waals surface area contributed by atoms with Gasteiger partial charge in [-0.2, -0.15) is 26.5 Å². The van der Waals surface area contributed by atoms with Gasteiger partial charge in [0.05, 0.1) is 56.0 Å². The van der Waals surface area contributed by atoms with Crippen LogP contribution in [0.1, 0.15) is 167 Å². The van der Waals surface area contributed by atoms with Crippen molar-refractivity contribution >= 4 is 83.1 Å². The van der Waals surface area contributed by atoms with E-state index in [1.165, 1.54) is 47.3 Å². The minimum absolute atomic E-state index is 0.0175. The highest BCUT2D eigenvalue weighted by Crippen LogP contribution is 2.49. The van der Waals surface area contributed by atoms with Crippen LogP contribution in [0, 0.1) is 23.4 Å². The minimum Gasteiger partial charge on any atom is -0.481 e. The van der Waals surface area contributed by atoms with Crippen LogP contribution in [-0.2, 0) is 71.1 Å². The second kappa shape index (κ2) is 36.8. The van der Waals surface area contributed by atoms with Gasteiger partial charge in [0, 0.05) is 73.3 Å². The second-order valence-electron chi connectivity index (χ2n) is 28.8. The molecule has 2 aliphatic heterocycles. The van der Waals surface area contributed by atoms with Gasteiger partial charge >= 0.3 is 11.9 Å². The number of anilines is 2. The number of aliphatic carboxylic acids is 1. The first kappa shape index (κ1) is 83.0. The highest BCUT2D eigenvalue weighted by Gasteiger charge is 2.50. The molecule has 27 heteroatoms. The monoisotopic (exact) mass is 1520 g/mol. The van der Waals surface area contributed by atoms with Gasteiger partial charge in [-0.1, -0.05) is 101 Å². The van der Waals surface area contributed by atoms with Crippen molar-refractivity contribution in [3.05, 3.63) is 154 Å². The first-order valence-electron chi connectivity index (χ1n) is 36.4. The fourth-order valence-corrected chi connectivity index (χ4v) is 17.4. The van der Waals surface area contributed by atoms with Gasteiger partial charge in [0.15, 0.2) is 37.0 Å². The lowest BCUT2D eigenvalue weighted by Gasteiger charge is -2.27. The molecule has 4 aromatic carbocycles. The molecule has 1 fully saturated rings. The largest absolute Gasteiger partial charge is 0.527 e. The number of rotatable bonds is 35. The number of guanidine groups is 1. The fourth-order valence-electron chi connectivity index (χ4n) is 14.7. The van der Waals surface area contributed by atoms with Gasteiger partial charge in [-0.15, -0.1) is 4.90 Å². The van der Waals surface area contributed by atoms with Gasteiger partial charge in [0.25, 0.3) is 10.1 Å². The summed E-state index contributed by atoms with van der Waals surface area (Å²) in [6.07, 6.45) is 18.5. The highest BCUT2D eigenvalue weighted by molar-refractivity contribution is 7.91. The molecular weight excluding hydrogens is 1410 g/mol. The Balaban J connectivity index is 0.879. The smallest absolute Gasteiger partial charge is 0.481 e. The summed E-state index contributed by atoms with van der Waals surface area (Å²) in [7, 11) is -9.99. The van der Waals surface area contributed by atoms with Gasteiger partial charge in [0.2, 0.25) is 33.1 Å². The van der Waals surface area contributed by atoms with E-state index >= 15 is 13.2 Å². The Morgan fingerprint density at radius 2 is 1.41 bits per heavy atom. The third kappa shape index (κ3) is 21.2. The van der Waals surface area contributed by atoms with Crippen LogP contribution in [0.25, 0.3) is 0 Å². The molecule has 572 valence electrons. The lowest BCUT2D eigenvalue weighted by molar-refractivity contribution is -0.534. The van der Waals surface area contributed by atoms with Crippen LogP contribution < -0.4 is 25.0 Å². The van der Waals surface area contributed by atoms with Crippen LogP contribution in [0.3, 0.4) is 0 Å². The summed E-state index contributed by atoms with van der Waals surface area (Å²) in [5.41, 5.74) is 7.83. The number of sulfonamides is 1. The SMILES string of the molecule is C=[N+](C)C(N(c1c(F)c(S(N)(=O)=O)c(F)c(F)c1S(=O)(=O)CCC(=O)NCCOCCOCCC(=O)C[C@@H](Cc1ccc(OC2=C(/C=C/C3=[N+](CCCCC)c4ccccc4C3(C)C)CCC/C2=C\C=C2\N(CCCCS(=O)(=O)O)c3ccccc3C2(C)C)cc1)C(=O)O)C1CCCCCCC1)=[N+](C)C. The van der Waals surface area contributed by atoms with E-state index < -0.39 is 104 Å². The molecular formula is C78H105F3N7O14S3+3. The van der Waals surface area contributed by atoms with Crippen LogP contribution in [0.15, 0.2) is 129 Å². The molecule has 0 unspecified atom stereocenters. The van der Waals surface area contributed by atoms with Crippen molar-refractivity contribution in [3.63, 3.8) is 0 Å². The number of carbonyl (C=O) groups is 3. The Labute approximate surface area is 617 Å². The number of hydrogen-bond acceptors (Lipinski definition) is 13. The van der Waals surface area contributed by atoms with E-state index in [9.17, 15) is 49.3 Å². The first-order chi connectivity index (χ1) is 49.7. The summed E-state index contributed by atoms with van der Waals surface area (Å²) in [6.45, 7) is 16.2. The Morgan fingerprint density at radius 1 is 0.762 bits per heavy atom. The number of carboxylic acids is 1. The molecule has 21 nitrogen and oxygen atoms in total. The molecule has 4 aliphatic rings. The van der Waals surface area contributed by atoms with E-state index in [1.807, 2.05) is 36.4 Å². The zero-order valence-corrected chi connectivity index (χ0v) is 64.3. The second-order valence-corrected chi connectivity index (χ2v) is 34.0. The number of unbranched alkanes of at least 4 members (excludes halogenated alkanes) is 3. The Kier molecular flexibility index (Phi) is 29.1. The summed E-state index contributed by atoms with van der Waals surface area (Å²) in [6, 6.07) is 23.3. The summed E-state index contributed by atoms with van der Waals surface area (Å²) in [5.74, 6) is -9.89. The number of nitrogens with zero attached hydrogens (tertiary/aromatic N) is 5. The molecule has 2 heterocycles. The number of benzene rings is 4. The quantitative estimate of drug-likeness (QED) is 0.00832. The zero-order valence-electron chi connectivity index (χ0n) is 61.9. The van der Waals surface area contributed by atoms with E-state index in [0.717, 1.165) is 97.3 Å². The number of halogens is 3. The van der Waals surface area contributed by atoms with Crippen molar-refractivity contribution in [2.24, 2.45) is 11.1 Å². The molecule has 0 aromatic heterocycles. The number of amides is 1. The number of ether oxygens (including phenoxy) is 3. The van der Waals surface area contributed by atoms with Crippen LogP contribution in [-0.4, -0.2) is 169 Å². The molecule has 2 aliphatic carbocycles. The number of hydrogen-bond donors (Lipinski definition) is 4. The van der Waals surface area contributed by atoms with Crippen LogP contribution in [0.5, 0.6) is 5.75 Å². The van der Waals surface area contributed by atoms with Crippen molar-refractivity contribution in [2.45, 2.75) is 183 Å². The third-order valence-electron chi connectivity index (χ3n) is 19.9. The van der Waals surface area contributed by atoms with Gasteiger partial charge in [-0.05, 0) is 137 Å². The van der Waals surface area contributed by atoms with E-state index in [1.54, 1.807) is 0 Å². The maximum atomic E-state index is 16.9. The lowest BCUT2D eigenvalue weighted by atomic mass is 9.81. The third-order valence-corrected chi connectivity index (χ3v) is 23.4. The summed E-state index contributed by atoms with van der Waals surface area (Å²) < 4.78 is 159. The maximum Gasteiger partial charge on any atom is 0.527 e. The number of Topliss-reactive ketones (excluding diaryl/α,β-unsaturated/α-hetero) is 1. The highest BCUT2D eigenvalue weighted by atomic mass is 32.2. The van der Waals surface area contributed by atoms with Gasteiger partial charge in [-0.3, -0.25) is 18.9 Å². The first-order valence-corrected chi connectivity index (χ1v) is 41.2. The van der Waals surface area contributed by atoms with E-state index in [4.69, 9.17) is 19.3 Å².